The van der Waals surface area contributed by atoms with Crippen molar-refractivity contribution in [3.63, 3.8) is 0 Å². The molecule has 0 aliphatic carbocycles. The molecule has 0 saturated carbocycles. The number of amides is 1. The van der Waals surface area contributed by atoms with E-state index in [1.807, 2.05) is 0 Å². The Labute approximate surface area is 134 Å². The van der Waals surface area contributed by atoms with Crippen LogP contribution >= 0.6 is 11.6 Å². The zero-order chi connectivity index (χ0) is 17.0. The summed E-state index contributed by atoms with van der Waals surface area (Å²) in [5.41, 5.74) is 1.52. The van der Waals surface area contributed by atoms with Crippen LogP contribution in [-0.2, 0) is 0 Å². The van der Waals surface area contributed by atoms with Crippen LogP contribution in [0.15, 0.2) is 41.5 Å². The van der Waals surface area contributed by atoms with E-state index in [4.69, 9.17) is 11.6 Å². The monoisotopic (exact) mass is 337 g/mol. The normalized spacial score (nSPS) is 10.7. The van der Waals surface area contributed by atoms with Gasteiger partial charge in [0.15, 0.2) is 0 Å². The summed E-state index contributed by atoms with van der Waals surface area (Å²) in [6.45, 7) is 0. The van der Waals surface area contributed by atoms with Gasteiger partial charge in [-0.3, -0.25) is 14.9 Å². The average Bonchev–Trinajstić information content (AvgIpc) is 2.49. The number of aromatic hydroxyl groups is 1. The lowest BCUT2D eigenvalue weighted by molar-refractivity contribution is -0.385. The molecule has 2 aromatic carbocycles. The number of hydrazone groups is 1. The first-order chi connectivity index (χ1) is 10.9. The molecule has 0 radical (unpaired) electrons. The van der Waals surface area contributed by atoms with E-state index in [-0.39, 0.29) is 16.1 Å². The van der Waals surface area contributed by atoms with Gasteiger partial charge in [0, 0.05) is 22.2 Å². The fourth-order valence-corrected chi connectivity index (χ4v) is 1.92. The minimum Gasteiger partial charge on any atom is -0.502 e. The van der Waals surface area contributed by atoms with Crippen LogP contribution < -0.4 is 5.43 Å². The van der Waals surface area contributed by atoms with Gasteiger partial charge >= 0.3 is 5.69 Å². The summed E-state index contributed by atoms with van der Waals surface area (Å²) in [7, 11) is 0. The van der Waals surface area contributed by atoms with Crippen molar-refractivity contribution in [3.05, 3.63) is 68.5 Å². The van der Waals surface area contributed by atoms with Gasteiger partial charge in [-0.2, -0.15) is 5.10 Å². The Balaban J connectivity index is 2.18. The maximum atomic E-state index is 13.0. The maximum absolute atomic E-state index is 13.0. The third kappa shape index (κ3) is 4.01. The second kappa shape index (κ2) is 6.84. The molecule has 2 rings (SSSR count). The molecule has 0 aliphatic rings. The Morgan fingerprint density at radius 3 is 2.78 bits per heavy atom. The molecule has 0 unspecified atom stereocenters. The van der Waals surface area contributed by atoms with E-state index in [1.54, 1.807) is 0 Å². The minimum atomic E-state index is -0.802. The molecule has 9 heteroatoms. The number of nitrogens with zero attached hydrogens (tertiary/aromatic N) is 2. The van der Waals surface area contributed by atoms with E-state index >= 15 is 0 Å². The molecule has 2 aromatic rings. The quantitative estimate of drug-likeness (QED) is 0.508. The number of nitrogens with one attached hydrogen (secondary N) is 1. The van der Waals surface area contributed by atoms with Crippen LogP contribution in [0.5, 0.6) is 5.75 Å². The van der Waals surface area contributed by atoms with E-state index in [9.17, 15) is 24.4 Å². The molecule has 0 aliphatic heterocycles. The molecule has 0 saturated heterocycles. The van der Waals surface area contributed by atoms with Crippen molar-refractivity contribution < 1.29 is 19.2 Å². The first-order valence-electron chi connectivity index (χ1n) is 6.14. The number of phenolic OH excluding ortho intramolecular Hbond substituents is 1. The molecule has 23 heavy (non-hydrogen) atoms. The lowest BCUT2D eigenvalue weighted by Gasteiger charge is -2.02. The summed E-state index contributed by atoms with van der Waals surface area (Å²) in [6.07, 6.45) is 0.991. The van der Waals surface area contributed by atoms with Crippen molar-refractivity contribution in [1.82, 2.24) is 5.43 Å². The van der Waals surface area contributed by atoms with Gasteiger partial charge in [-0.15, -0.1) is 0 Å². The predicted molar refractivity (Wildman–Crippen MR) is 81.2 cm³/mol. The number of benzene rings is 2. The SMILES string of the molecule is O=C(NN=Cc1cc(Cl)cc([N+](=O)[O-])c1O)c1cccc(F)c1. The Bertz CT molecular complexity index is 811. The summed E-state index contributed by atoms with van der Waals surface area (Å²) in [6, 6.07) is 7.17. The number of carbonyl (C=O) groups excluding carboxylic acids is 1. The maximum Gasteiger partial charge on any atom is 0.312 e. The zero-order valence-corrected chi connectivity index (χ0v) is 12.1. The number of halogens is 2. The van der Waals surface area contributed by atoms with Gasteiger partial charge in [0.1, 0.15) is 5.82 Å². The van der Waals surface area contributed by atoms with Gasteiger partial charge in [-0.05, 0) is 24.3 Å². The Morgan fingerprint density at radius 2 is 2.13 bits per heavy atom. The van der Waals surface area contributed by atoms with Crippen LogP contribution in [0.25, 0.3) is 0 Å². The lowest BCUT2D eigenvalue weighted by Crippen LogP contribution is -2.17. The molecule has 0 bridgehead atoms. The van der Waals surface area contributed by atoms with Gasteiger partial charge < -0.3 is 5.11 Å². The summed E-state index contributed by atoms with van der Waals surface area (Å²) < 4.78 is 13.0. The van der Waals surface area contributed by atoms with Crippen molar-refractivity contribution in [2.75, 3.05) is 0 Å². The highest BCUT2D eigenvalue weighted by molar-refractivity contribution is 6.31. The number of rotatable bonds is 4. The van der Waals surface area contributed by atoms with E-state index in [0.29, 0.717) is 0 Å². The number of hydrogen-bond acceptors (Lipinski definition) is 5. The fraction of sp³-hybridized carbons (Fsp3) is 0. The fourth-order valence-electron chi connectivity index (χ4n) is 1.70. The molecule has 0 atom stereocenters. The highest BCUT2D eigenvalue weighted by Crippen LogP contribution is 2.32. The molecule has 0 aromatic heterocycles. The van der Waals surface area contributed by atoms with E-state index in [2.05, 4.69) is 10.5 Å². The number of nitro benzene ring substituents is 1. The molecular weight excluding hydrogens is 329 g/mol. The second-order valence-corrected chi connectivity index (χ2v) is 4.77. The van der Waals surface area contributed by atoms with Gasteiger partial charge in [-0.1, -0.05) is 17.7 Å². The van der Waals surface area contributed by atoms with Crippen molar-refractivity contribution in [2.24, 2.45) is 5.10 Å². The highest BCUT2D eigenvalue weighted by atomic mass is 35.5. The lowest BCUT2D eigenvalue weighted by atomic mass is 10.2. The number of nitro groups is 1. The van der Waals surface area contributed by atoms with Gasteiger partial charge in [-0.25, -0.2) is 9.82 Å². The smallest absolute Gasteiger partial charge is 0.312 e. The predicted octanol–water partition coefficient (Wildman–Crippen LogP) is 2.86. The molecule has 0 fully saturated rings. The first-order valence-corrected chi connectivity index (χ1v) is 6.52. The molecule has 0 heterocycles. The summed E-state index contributed by atoms with van der Waals surface area (Å²) in [5, 5.41) is 24.1. The van der Waals surface area contributed by atoms with E-state index < -0.39 is 28.1 Å². The minimum absolute atomic E-state index is 0.0207. The van der Waals surface area contributed by atoms with Crippen LogP contribution in [0.2, 0.25) is 5.02 Å². The number of hydrogen-bond donors (Lipinski definition) is 2. The third-order valence-corrected chi connectivity index (χ3v) is 2.96. The molecule has 118 valence electrons. The van der Waals surface area contributed by atoms with Crippen LogP contribution in [-0.4, -0.2) is 22.2 Å². The number of carbonyl (C=O) groups is 1. The Hall–Kier alpha value is -3.00. The van der Waals surface area contributed by atoms with E-state index in [0.717, 1.165) is 18.3 Å². The van der Waals surface area contributed by atoms with Gasteiger partial charge in [0.05, 0.1) is 11.1 Å². The van der Waals surface area contributed by atoms with Crippen LogP contribution in [0, 0.1) is 15.9 Å². The zero-order valence-electron chi connectivity index (χ0n) is 11.4. The van der Waals surface area contributed by atoms with Crippen molar-refractivity contribution in [2.45, 2.75) is 0 Å². The molecule has 0 spiro atoms. The average molecular weight is 338 g/mol. The van der Waals surface area contributed by atoms with E-state index in [1.165, 1.54) is 24.3 Å². The van der Waals surface area contributed by atoms with Crippen LogP contribution in [0.4, 0.5) is 10.1 Å². The van der Waals surface area contributed by atoms with Crippen molar-refractivity contribution >= 4 is 29.4 Å². The second-order valence-electron chi connectivity index (χ2n) is 4.33. The Morgan fingerprint density at radius 1 is 1.39 bits per heavy atom. The largest absolute Gasteiger partial charge is 0.502 e. The summed E-state index contributed by atoms with van der Waals surface area (Å²) >= 11 is 5.71. The van der Waals surface area contributed by atoms with Gasteiger partial charge in [0.2, 0.25) is 5.75 Å². The molecule has 7 nitrogen and oxygen atoms in total. The Kier molecular flexibility index (Phi) is 4.87. The highest BCUT2D eigenvalue weighted by Gasteiger charge is 2.17. The molecule has 1 amide bonds. The van der Waals surface area contributed by atoms with Crippen LogP contribution in [0.3, 0.4) is 0 Å². The molecule has 2 N–H and O–H groups in total. The summed E-state index contributed by atoms with van der Waals surface area (Å²) in [4.78, 5) is 21.7. The van der Waals surface area contributed by atoms with Crippen LogP contribution in [0.1, 0.15) is 15.9 Å². The first kappa shape index (κ1) is 16.4. The van der Waals surface area contributed by atoms with Crippen molar-refractivity contribution in [1.29, 1.82) is 0 Å². The number of phenols is 1. The third-order valence-electron chi connectivity index (χ3n) is 2.74. The molecular formula is C14H9ClFN3O4. The topological polar surface area (TPSA) is 105 Å². The standard InChI is InChI=1S/C14H9ClFN3O4/c15-10-4-9(13(20)12(6-10)19(22)23)7-17-18-14(21)8-2-1-3-11(16)5-8/h1-7,20H,(H,18,21). The van der Waals surface area contributed by atoms with Crippen molar-refractivity contribution in [3.8, 4) is 5.75 Å². The van der Waals surface area contributed by atoms with Gasteiger partial charge in [0.25, 0.3) is 5.91 Å². The summed E-state index contributed by atoms with van der Waals surface area (Å²) in [5.74, 6) is -1.90.